The first-order valence-electron chi connectivity index (χ1n) is 7.20. The van der Waals surface area contributed by atoms with Crippen LogP contribution in [0.3, 0.4) is 0 Å². The van der Waals surface area contributed by atoms with Gasteiger partial charge in [0.25, 0.3) is 0 Å². The average molecular weight is 236 g/mol. The van der Waals surface area contributed by atoms with Crippen molar-refractivity contribution in [2.45, 2.75) is 58.5 Å². The van der Waals surface area contributed by atoms with Crippen LogP contribution in [0.1, 0.15) is 46.5 Å². The van der Waals surface area contributed by atoms with Gasteiger partial charge in [0.15, 0.2) is 0 Å². The topological polar surface area (TPSA) is 15.3 Å². The third kappa shape index (κ3) is 3.56. The smallest absolute Gasteiger partial charge is 0.0243 e. The van der Waals surface area contributed by atoms with Gasteiger partial charge in [0, 0.05) is 18.6 Å². The summed E-state index contributed by atoms with van der Waals surface area (Å²) in [5.41, 5.74) is 0.368. The highest BCUT2D eigenvalue weighted by Gasteiger charge is 2.30. The first-order chi connectivity index (χ1) is 8.07. The molecule has 1 saturated heterocycles. The normalized spacial score (nSPS) is 32.4. The maximum Gasteiger partial charge on any atom is 0.0243 e. The molecule has 2 nitrogen and oxygen atoms in total. The molecule has 0 bridgehead atoms. The van der Waals surface area contributed by atoms with Crippen LogP contribution in [0.5, 0.6) is 0 Å². The summed E-state index contributed by atoms with van der Waals surface area (Å²) >= 11 is 0. The minimum atomic E-state index is 0.368. The van der Waals surface area contributed by atoms with Gasteiger partial charge >= 0.3 is 0 Å². The molecule has 0 aromatic carbocycles. The van der Waals surface area contributed by atoms with E-state index in [9.17, 15) is 0 Å². The summed E-state index contributed by atoms with van der Waals surface area (Å²) in [7, 11) is 0. The van der Waals surface area contributed by atoms with Crippen molar-refractivity contribution in [2.75, 3.05) is 19.6 Å². The van der Waals surface area contributed by atoms with Gasteiger partial charge in [0.1, 0.15) is 0 Å². The van der Waals surface area contributed by atoms with Gasteiger partial charge in [-0.05, 0) is 44.2 Å². The number of nitrogens with zero attached hydrogens (tertiary/aromatic N) is 1. The van der Waals surface area contributed by atoms with Gasteiger partial charge in [-0.25, -0.2) is 0 Å². The molecular weight excluding hydrogens is 208 g/mol. The van der Waals surface area contributed by atoms with E-state index in [4.69, 9.17) is 0 Å². The second-order valence-corrected chi connectivity index (χ2v) is 6.66. The van der Waals surface area contributed by atoms with Crippen LogP contribution in [0.2, 0.25) is 0 Å². The zero-order valence-corrected chi connectivity index (χ0v) is 11.7. The zero-order valence-electron chi connectivity index (χ0n) is 11.7. The quantitative estimate of drug-likeness (QED) is 0.704. The lowest BCUT2D eigenvalue weighted by molar-refractivity contribution is 0.146. The Morgan fingerprint density at radius 1 is 1.24 bits per heavy atom. The van der Waals surface area contributed by atoms with Gasteiger partial charge in [-0.3, -0.25) is 4.90 Å². The highest BCUT2D eigenvalue weighted by molar-refractivity contribution is 4.96. The summed E-state index contributed by atoms with van der Waals surface area (Å²) in [4.78, 5) is 2.74. The molecule has 0 aromatic heterocycles. The van der Waals surface area contributed by atoms with Crippen molar-refractivity contribution in [3.05, 3.63) is 12.2 Å². The molecule has 2 aliphatic rings. The van der Waals surface area contributed by atoms with Crippen molar-refractivity contribution in [3.63, 3.8) is 0 Å². The van der Waals surface area contributed by atoms with Crippen LogP contribution in [0, 0.1) is 5.41 Å². The molecule has 98 valence electrons. The standard InChI is InChI=1S/C15H28N2/c1-15(2,3)14-12-17(11-7-10-16-14)13-8-5-4-6-9-13/h4-5,13-14,16H,6-12H2,1-3H3. The number of nitrogens with one attached hydrogen (secondary N) is 1. The van der Waals surface area contributed by atoms with Crippen LogP contribution in [0.4, 0.5) is 0 Å². The Kier molecular flexibility index (Phi) is 4.26. The van der Waals surface area contributed by atoms with Crippen LogP contribution < -0.4 is 5.32 Å². The molecular formula is C15H28N2. The molecule has 2 unspecified atom stereocenters. The summed E-state index contributed by atoms with van der Waals surface area (Å²) < 4.78 is 0. The van der Waals surface area contributed by atoms with Crippen molar-refractivity contribution in [2.24, 2.45) is 5.41 Å². The fourth-order valence-corrected chi connectivity index (χ4v) is 2.97. The maximum atomic E-state index is 3.73. The lowest BCUT2D eigenvalue weighted by atomic mass is 9.86. The monoisotopic (exact) mass is 236 g/mol. The van der Waals surface area contributed by atoms with Crippen LogP contribution in [0.15, 0.2) is 12.2 Å². The van der Waals surface area contributed by atoms with E-state index < -0.39 is 0 Å². The first kappa shape index (κ1) is 13.1. The van der Waals surface area contributed by atoms with E-state index in [2.05, 4.69) is 43.1 Å². The van der Waals surface area contributed by atoms with Gasteiger partial charge in [-0.1, -0.05) is 32.9 Å². The third-order valence-electron chi connectivity index (χ3n) is 4.23. The molecule has 0 aromatic rings. The Balaban J connectivity index is 1.99. The summed E-state index contributed by atoms with van der Waals surface area (Å²) in [5, 5.41) is 3.73. The predicted octanol–water partition coefficient (Wildman–Crippen LogP) is 2.81. The summed E-state index contributed by atoms with van der Waals surface area (Å²) in [5.74, 6) is 0. The van der Waals surface area contributed by atoms with E-state index in [0.717, 1.165) is 6.04 Å². The van der Waals surface area contributed by atoms with Crippen LogP contribution in [-0.4, -0.2) is 36.6 Å². The summed E-state index contributed by atoms with van der Waals surface area (Å²) in [6.07, 6.45) is 9.90. The van der Waals surface area contributed by atoms with E-state index in [-0.39, 0.29) is 0 Å². The molecule has 0 saturated carbocycles. The zero-order chi connectivity index (χ0) is 12.3. The Bertz CT molecular complexity index is 265. The van der Waals surface area contributed by atoms with E-state index in [0.29, 0.717) is 11.5 Å². The Morgan fingerprint density at radius 3 is 2.71 bits per heavy atom. The molecule has 1 heterocycles. The fourth-order valence-electron chi connectivity index (χ4n) is 2.97. The van der Waals surface area contributed by atoms with E-state index >= 15 is 0 Å². The Hall–Kier alpha value is -0.340. The van der Waals surface area contributed by atoms with Gasteiger partial charge in [-0.2, -0.15) is 0 Å². The number of allylic oxidation sites excluding steroid dienone is 1. The van der Waals surface area contributed by atoms with Gasteiger partial charge < -0.3 is 5.32 Å². The van der Waals surface area contributed by atoms with Crippen LogP contribution in [0.25, 0.3) is 0 Å². The SMILES string of the molecule is CC(C)(C)C1CN(C2CC=CCC2)CCCN1. The van der Waals surface area contributed by atoms with Crippen LogP contribution >= 0.6 is 0 Å². The highest BCUT2D eigenvalue weighted by atomic mass is 15.2. The van der Waals surface area contributed by atoms with E-state index in [1.54, 1.807) is 0 Å². The van der Waals surface area contributed by atoms with Crippen LogP contribution in [-0.2, 0) is 0 Å². The lowest BCUT2D eigenvalue weighted by Crippen LogP contribution is -2.48. The van der Waals surface area contributed by atoms with Gasteiger partial charge in [0.2, 0.25) is 0 Å². The van der Waals surface area contributed by atoms with Crippen molar-refractivity contribution in [3.8, 4) is 0 Å². The highest BCUT2D eigenvalue weighted by Crippen LogP contribution is 2.25. The average Bonchev–Trinajstić information content (AvgIpc) is 2.55. The largest absolute Gasteiger partial charge is 0.312 e. The van der Waals surface area contributed by atoms with Crippen molar-refractivity contribution in [1.29, 1.82) is 0 Å². The van der Waals surface area contributed by atoms with E-state index in [1.165, 1.54) is 45.3 Å². The van der Waals surface area contributed by atoms with E-state index in [1.807, 2.05) is 0 Å². The lowest BCUT2D eigenvalue weighted by Gasteiger charge is -2.37. The molecule has 2 atom stereocenters. The molecule has 1 N–H and O–H groups in total. The summed E-state index contributed by atoms with van der Waals surface area (Å²) in [6, 6.07) is 1.43. The van der Waals surface area contributed by atoms with Gasteiger partial charge in [-0.15, -0.1) is 0 Å². The molecule has 0 amide bonds. The Morgan fingerprint density at radius 2 is 2.06 bits per heavy atom. The first-order valence-corrected chi connectivity index (χ1v) is 7.20. The van der Waals surface area contributed by atoms with Crippen molar-refractivity contribution in [1.82, 2.24) is 10.2 Å². The second kappa shape index (κ2) is 5.53. The van der Waals surface area contributed by atoms with Crippen molar-refractivity contribution < 1.29 is 0 Å². The molecule has 1 aliphatic carbocycles. The number of hydrogen-bond acceptors (Lipinski definition) is 2. The molecule has 2 rings (SSSR count). The third-order valence-corrected chi connectivity index (χ3v) is 4.23. The number of rotatable bonds is 1. The van der Waals surface area contributed by atoms with Crippen molar-refractivity contribution >= 4 is 0 Å². The Labute approximate surface area is 106 Å². The van der Waals surface area contributed by atoms with Gasteiger partial charge in [0.05, 0.1) is 0 Å². The minimum absolute atomic E-state index is 0.368. The molecule has 0 radical (unpaired) electrons. The fraction of sp³-hybridized carbons (Fsp3) is 0.867. The molecule has 17 heavy (non-hydrogen) atoms. The predicted molar refractivity (Wildman–Crippen MR) is 74.2 cm³/mol. The maximum absolute atomic E-state index is 3.73. The summed E-state index contributed by atoms with van der Waals surface area (Å²) in [6.45, 7) is 10.7. The molecule has 1 aliphatic heterocycles. The minimum Gasteiger partial charge on any atom is -0.312 e. The second-order valence-electron chi connectivity index (χ2n) is 6.66. The molecule has 1 fully saturated rings. The molecule has 2 heteroatoms. The number of hydrogen-bond donors (Lipinski definition) is 1. The molecule has 0 spiro atoms.